The molecule has 0 aromatic heterocycles. The third-order valence-electron chi connectivity index (χ3n) is 3.36. The standard InChI is InChI=1S/C16H15NO4/c1-11(16(18)21-2)13-8-9-15(17(19)20)14(10-13)12-6-4-3-5-7-12/h3-11H,1-2H3. The maximum Gasteiger partial charge on any atom is 0.312 e. The predicted molar refractivity (Wildman–Crippen MR) is 79.0 cm³/mol. The Labute approximate surface area is 122 Å². The smallest absolute Gasteiger partial charge is 0.312 e. The van der Waals surface area contributed by atoms with Crippen molar-refractivity contribution >= 4 is 11.7 Å². The molecule has 0 bridgehead atoms. The van der Waals surface area contributed by atoms with Crippen LogP contribution in [0.5, 0.6) is 0 Å². The van der Waals surface area contributed by atoms with E-state index in [1.165, 1.54) is 13.2 Å². The molecule has 2 rings (SSSR count). The molecule has 2 aromatic rings. The SMILES string of the molecule is COC(=O)C(C)c1ccc([N+](=O)[O-])c(-c2ccccc2)c1. The lowest BCUT2D eigenvalue weighted by atomic mass is 9.95. The Bertz CT molecular complexity index is 667. The number of rotatable bonds is 4. The highest BCUT2D eigenvalue weighted by atomic mass is 16.6. The first-order valence-corrected chi connectivity index (χ1v) is 6.46. The molecule has 2 aromatic carbocycles. The van der Waals surface area contributed by atoms with Crippen LogP contribution in [0.1, 0.15) is 18.4 Å². The van der Waals surface area contributed by atoms with Gasteiger partial charge in [0.2, 0.25) is 0 Å². The maximum absolute atomic E-state index is 11.6. The van der Waals surface area contributed by atoms with Crippen LogP contribution in [0.4, 0.5) is 5.69 Å². The molecule has 0 saturated heterocycles. The van der Waals surface area contributed by atoms with E-state index >= 15 is 0 Å². The summed E-state index contributed by atoms with van der Waals surface area (Å²) >= 11 is 0. The minimum atomic E-state index is -0.474. The van der Waals surface area contributed by atoms with Gasteiger partial charge in [-0.1, -0.05) is 36.4 Å². The Kier molecular flexibility index (Phi) is 4.33. The van der Waals surface area contributed by atoms with Crippen molar-refractivity contribution in [2.24, 2.45) is 0 Å². The fourth-order valence-electron chi connectivity index (χ4n) is 2.14. The van der Waals surface area contributed by atoms with Gasteiger partial charge in [0.1, 0.15) is 0 Å². The molecule has 5 nitrogen and oxygen atoms in total. The first-order chi connectivity index (χ1) is 10.0. The molecule has 5 heteroatoms. The Hall–Kier alpha value is -2.69. The van der Waals surface area contributed by atoms with Crippen LogP contribution in [-0.4, -0.2) is 18.0 Å². The third-order valence-corrected chi connectivity index (χ3v) is 3.36. The molecule has 0 saturated carbocycles. The van der Waals surface area contributed by atoms with Crippen molar-refractivity contribution in [3.8, 4) is 11.1 Å². The Morgan fingerprint density at radius 3 is 2.43 bits per heavy atom. The first-order valence-electron chi connectivity index (χ1n) is 6.46. The van der Waals surface area contributed by atoms with Gasteiger partial charge in [-0.25, -0.2) is 0 Å². The molecule has 108 valence electrons. The van der Waals surface area contributed by atoms with Gasteiger partial charge in [-0.15, -0.1) is 0 Å². The van der Waals surface area contributed by atoms with Gasteiger partial charge in [0, 0.05) is 6.07 Å². The van der Waals surface area contributed by atoms with E-state index in [1.54, 1.807) is 31.2 Å². The second-order valence-electron chi connectivity index (χ2n) is 4.64. The van der Waals surface area contributed by atoms with Crippen LogP contribution >= 0.6 is 0 Å². The van der Waals surface area contributed by atoms with Gasteiger partial charge in [-0.05, 0) is 24.1 Å². The minimum Gasteiger partial charge on any atom is -0.469 e. The molecule has 0 amide bonds. The molecule has 1 unspecified atom stereocenters. The topological polar surface area (TPSA) is 69.4 Å². The molecule has 0 aliphatic rings. The van der Waals surface area contributed by atoms with Gasteiger partial charge in [0.25, 0.3) is 5.69 Å². The molecular formula is C16H15NO4. The van der Waals surface area contributed by atoms with E-state index in [1.807, 2.05) is 18.2 Å². The molecule has 0 fully saturated rings. The zero-order chi connectivity index (χ0) is 15.4. The van der Waals surface area contributed by atoms with Crippen LogP contribution < -0.4 is 0 Å². The fraction of sp³-hybridized carbons (Fsp3) is 0.188. The van der Waals surface area contributed by atoms with E-state index in [-0.39, 0.29) is 11.7 Å². The quantitative estimate of drug-likeness (QED) is 0.489. The normalized spacial score (nSPS) is 11.7. The number of ether oxygens (including phenoxy) is 1. The lowest BCUT2D eigenvalue weighted by molar-refractivity contribution is -0.384. The summed E-state index contributed by atoms with van der Waals surface area (Å²) in [5, 5.41) is 11.2. The van der Waals surface area contributed by atoms with Crippen LogP contribution in [0, 0.1) is 10.1 Å². The summed E-state index contributed by atoms with van der Waals surface area (Å²) in [6, 6.07) is 13.8. The highest BCUT2D eigenvalue weighted by molar-refractivity contribution is 5.80. The van der Waals surface area contributed by atoms with Crippen LogP contribution in [0.25, 0.3) is 11.1 Å². The average Bonchev–Trinajstić information content (AvgIpc) is 2.53. The van der Waals surface area contributed by atoms with Gasteiger partial charge in [-0.3, -0.25) is 14.9 Å². The predicted octanol–water partition coefficient (Wildman–Crippen LogP) is 3.54. The van der Waals surface area contributed by atoms with E-state index < -0.39 is 10.8 Å². The van der Waals surface area contributed by atoms with Crippen molar-refractivity contribution in [2.75, 3.05) is 7.11 Å². The summed E-state index contributed by atoms with van der Waals surface area (Å²) in [6.07, 6.45) is 0. The summed E-state index contributed by atoms with van der Waals surface area (Å²) in [5.74, 6) is -0.846. The van der Waals surface area contributed by atoms with Crippen molar-refractivity contribution in [3.63, 3.8) is 0 Å². The lowest BCUT2D eigenvalue weighted by Crippen LogP contribution is -2.11. The Morgan fingerprint density at radius 1 is 1.19 bits per heavy atom. The molecule has 0 heterocycles. The zero-order valence-electron chi connectivity index (χ0n) is 11.8. The number of methoxy groups -OCH3 is 1. The van der Waals surface area contributed by atoms with E-state index in [0.29, 0.717) is 11.1 Å². The summed E-state index contributed by atoms with van der Waals surface area (Å²) in [7, 11) is 1.32. The van der Waals surface area contributed by atoms with Crippen molar-refractivity contribution < 1.29 is 14.5 Å². The van der Waals surface area contributed by atoms with Crippen LogP contribution in [0.3, 0.4) is 0 Å². The molecule has 0 N–H and O–H groups in total. The molecule has 0 spiro atoms. The molecular weight excluding hydrogens is 270 g/mol. The van der Waals surface area contributed by atoms with E-state index in [0.717, 1.165) is 5.56 Å². The van der Waals surface area contributed by atoms with Crippen molar-refractivity contribution in [3.05, 3.63) is 64.2 Å². The number of hydrogen-bond donors (Lipinski definition) is 0. The van der Waals surface area contributed by atoms with Crippen molar-refractivity contribution in [2.45, 2.75) is 12.8 Å². The number of carbonyl (C=O) groups is 1. The summed E-state index contributed by atoms with van der Waals surface area (Å²) in [4.78, 5) is 22.4. The number of carbonyl (C=O) groups excluding carboxylic acids is 1. The van der Waals surface area contributed by atoms with Gasteiger partial charge in [-0.2, -0.15) is 0 Å². The fourth-order valence-corrected chi connectivity index (χ4v) is 2.14. The maximum atomic E-state index is 11.6. The van der Waals surface area contributed by atoms with E-state index in [9.17, 15) is 14.9 Å². The number of nitro groups is 1. The lowest BCUT2D eigenvalue weighted by Gasteiger charge is -2.11. The first kappa shape index (κ1) is 14.7. The molecule has 21 heavy (non-hydrogen) atoms. The summed E-state index contributed by atoms with van der Waals surface area (Å²) in [5.41, 5.74) is 1.94. The van der Waals surface area contributed by atoms with Crippen molar-refractivity contribution in [1.82, 2.24) is 0 Å². The van der Waals surface area contributed by atoms with E-state index in [2.05, 4.69) is 0 Å². The van der Waals surface area contributed by atoms with E-state index in [4.69, 9.17) is 4.74 Å². The molecule has 1 atom stereocenters. The summed E-state index contributed by atoms with van der Waals surface area (Å²) < 4.78 is 4.72. The summed E-state index contributed by atoms with van der Waals surface area (Å²) in [6.45, 7) is 1.71. The number of esters is 1. The number of nitro benzene ring substituents is 1. The number of hydrogen-bond acceptors (Lipinski definition) is 4. The molecule has 0 aliphatic carbocycles. The highest BCUT2D eigenvalue weighted by Crippen LogP contribution is 2.32. The Balaban J connectivity index is 2.55. The molecule has 0 radical (unpaired) electrons. The largest absolute Gasteiger partial charge is 0.469 e. The van der Waals surface area contributed by atoms with Gasteiger partial charge in [0.15, 0.2) is 0 Å². The zero-order valence-corrected chi connectivity index (χ0v) is 11.8. The highest BCUT2D eigenvalue weighted by Gasteiger charge is 2.21. The van der Waals surface area contributed by atoms with Gasteiger partial charge < -0.3 is 4.74 Å². The minimum absolute atomic E-state index is 0.0158. The second-order valence-corrected chi connectivity index (χ2v) is 4.64. The van der Waals surface area contributed by atoms with Crippen LogP contribution in [-0.2, 0) is 9.53 Å². The number of nitrogens with zero attached hydrogens (tertiary/aromatic N) is 1. The average molecular weight is 285 g/mol. The van der Waals surface area contributed by atoms with Crippen molar-refractivity contribution in [1.29, 1.82) is 0 Å². The molecule has 0 aliphatic heterocycles. The monoisotopic (exact) mass is 285 g/mol. The number of benzene rings is 2. The third kappa shape index (κ3) is 3.08. The van der Waals surface area contributed by atoms with Gasteiger partial charge in [0.05, 0.1) is 23.5 Å². The van der Waals surface area contributed by atoms with Crippen LogP contribution in [0.2, 0.25) is 0 Å². The Morgan fingerprint density at radius 2 is 1.86 bits per heavy atom. The van der Waals surface area contributed by atoms with Crippen LogP contribution in [0.15, 0.2) is 48.5 Å². The second kappa shape index (κ2) is 6.17. The van der Waals surface area contributed by atoms with Gasteiger partial charge >= 0.3 is 5.97 Å².